The van der Waals surface area contributed by atoms with Gasteiger partial charge in [0.2, 0.25) is 0 Å². The lowest BCUT2D eigenvalue weighted by molar-refractivity contribution is 0.437. The molecule has 0 radical (unpaired) electrons. The molecule has 2 atom stereocenters. The fourth-order valence-corrected chi connectivity index (χ4v) is 3.14. The molecular weight excluding hydrogens is 198 g/mol. The summed E-state index contributed by atoms with van der Waals surface area (Å²) in [5, 5.41) is 0.470. The van der Waals surface area contributed by atoms with E-state index in [1.807, 2.05) is 11.8 Å². The molecule has 0 aromatic carbocycles. The predicted octanol–water partition coefficient (Wildman–Crippen LogP) is 0.663. The van der Waals surface area contributed by atoms with Gasteiger partial charge in [-0.05, 0) is 18.6 Å². The number of rotatable bonds is 2. The van der Waals surface area contributed by atoms with E-state index in [4.69, 9.17) is 4.55 Å². The van der Waals surface area contributed by atoms with Gasteiger partial charge < -0.3 is 0 Å². The number of nitrogens with one attached hydrogen (secondary N) is 1. The van der Waals surface area contributed by atoms with Crippen molar-refractivity contribution in [2.75, 3.05) is 5.75 Å². The monoisotopic (exact) mass is 211 g/mol. The van der Waals surface area contributed by atoms with E-state index in [0.717, 1.165) is 18.6 Å². The van der Waals surface area contributed by atoms with Crippen LogP contribution in [-0.4, -0.2) is 30.0 Å². The summed E-state index contributed by atoms with van der Waals surface area (Å²) in [4.78, 5) is 0. The normalized spacial score (nSPS) is 31.8. The Hall–Kier alpha value is 0.220. The lowest BCUT2D eigenvalue weighted by atomic mass is 10.1. The van der Waals surface area contributed by atoms with Crippen LogP contribution in [0, 0.1) is 0 Å². The average molecular weight is 211 g/mol. The highest BCUT2D eigenvalue weighted by molar-refractivity contribution is 7.99. The van der Waals surface area contributed by atoms with E-state index in [2.05, 4.69) is 11.6 Å². The Labute approximate surface area is 77.0 Å². The van der Waals surface area contributed by atoms with Crippen LogP contribution in [0.15, 0.2) is 0 Å². The highest BCUT2D eigenvalue weighted by Crippen LogP contribution is 2.24. The Bertz CT molecular complexity index is 239. The van der Waals surface area contributed by atoms with Gasteiger partial charge in [0, 0.05) is 11.3 Å². The first-order chi connectivity index (χ1) is 5.47. The van der Waals surface area contributed by atoms with Gasteiger partial charge in [-0.3, -0.25) is 4.55 Å². The van der Waals surface area contributed by atoms with E-state index < -0.39 is 10.3 Å². The molecule has 1 saturated heterocycles. The lowest BCUT2D eigenvalue weighted by Crippen LogP contribution is -2.38. The van der Waals surface area contributed by atoms with Crippen molar-refractivity contribution in [3.05, 3.63) is 0 Å². The molecule has 0 aliphatic carbocycles. The predicted molar refractivity (Wildman–Crippen MR) is 49.6 cm³/mol. The summed E-state index contributed by atoms with van der Waals surface area (Å²) < 4.78 is 31.6. The Morgan fingerprint density at radius 3 is 2.75 bits per heavy atom. The van der Waals surface area contributed by atoms with Crippen LogP contribution in [-0.2, 0) is 10.3 Å². The molecular formula is C6H13NO3S2. The highest BCUT2D eigenvalue weighted by Gasteiger charge is 2.22. The first kappa shape index (κ1) is 10.3. The summed E-state index contributed by atoms with van der Waals surface area (Å²) >= 11 is 1.83. The van der Waals surface area contributed by atoms with Crippen LogP contribution in [0.4, 0.5) is 0 Å². The molecule has 6 heteroatoms. The van der Waals surface area contributed by atoms with Crippen LogP contribution >= 0.6 is 11.8 Å². The van der Waals surface area contributed by atoms with Crippen molar-refractivity contribution in [2.45, 2.75) is 31.1 Å². The third-order valence-corrected chi connectivity index (χ3v) is 3.66. The zero-order valence-electron chi connectivity index (χ0n) is 6.86. The van der Waals surface area contributed by atoms with Gasteiger partial charge in [0.15, 0.2) is 0 Å². The number of hydrogen-bond donors (Lipinski definition) is 2. The summed E-state index contributed by atoms with van der Waals surface area (Å²) in [5.74, 6) is 0.953. The molecule has 4 nitrogen and oxygen atoms in total. The molecule has 1 aliphatic heterocycles. The zero-order chi connectivity index (χ0) is 9.19. The Balaban J connectivity index is 2.43. The van der Waals surface area contributed by atoms with Crippen molar-refractivity contribution in [1.82, 2.24) is 4.72 Å². The molecule has 0 aromatic rings. The molecule has 1 fully saturated rings. The Morgan fingerprint density at radius 2 is 2.25 bits per heavy atom. The zero-order valence-corrected chi connectivity index (χ0v) is 8.49. The van der Waals surface area contributed by atoms with Crippen molar-refractivity contribution in [3.63, 3.8) is 0 Å². The standard InChI is InChI=1S/C6H13NO3S2/c1-5-4-6(2-3-11-5)7-12(8,9)10/h5-7H,2-4H2,1H3,(H,8,9,10). The molecule has 1 heterocycles. The van der Waals surface area contributed by atoms with Crippen molar-refractivity contribution in [2.24, 2.45) is 0 Å². The molecule has 0 amide bonds. The van der Waals surface area contributed by atoms with E-state index in [1.165, 1.54) is 0 Å². The fraction of sp³-hybridized carbons (Fsp3) is 1.00. The minimum atomic E-state index is -4.01. The topological polar surface area (TPSA) is 66.4 Å². The second-order valence-electron chi connectivity index (χ2n) is 3.00. The van der Waals surface area contributed by atoms with E-state index in [1.54, 1.807) is 0 Å². The van der Waals surface area contributed by atoms with E-state index >= 15 is 0 Å². The summed E-state index contributed by atoms with van der Waals surface area (Å²) in [6.45, 7) is 2.06. The maximum absolute atomic E-state index is 10.4. The quantitative estimate of drug-likeness (QED) is 0.659. The summed E-state index contributed by atoms with van der Waals surface area (Å²) in [6.07, 6.45) is 1.60. The van der Waals surface area contributed by atoms with Gasteiger partial charge in [0.1, 0.15) is 0 Å². The molecule has 0 bridgehead atoms. The van der Waals surface area contributed by atoms with E-state index in [0.29, 0.717) is 5.25 Å². The SMILES string of the molecule is CC1CC(NS(=O)(=O)O)CCS1. The van der Waals surface area contributed by atoms with Crippen molar-refractivity contribution < 1.29 is 13.0 Å². The van der Waals surface area contributed by atoms with Crippen molar-refractivity contribution >= 4 is 22.1 Å². The maximum Gasteiger partial charge on any atom is 0.333 e. The summed E-state index contributed by atoms with van der Waals surface area (Å²) in [5.41, 5.74) is 0. The van der Waals surface area contributed by atoms with Crippen molar-refractivity contribution in [3.8, 4) is 0 Å². The third-order valence-electron chi connectivity index (χ3n) is 1.80. The molecule has 72 valence electrons. The molecule has 2 unspecified atom stereocenters. The van der Waals surface area contributed by atoms with Gasteiger partial charge in [0.25, 0.3) is 0 Å². The molecule has 12 heavy (non-hydrogen) atoms. The number of hydrogen-bond acceptors (Lipinski definition) is 3. The summed E-state index contributed by atoms with van der Waals surface area (Å²) in [7, 11) is -4.01. The Morgan fingerprint density at radius 1 is 1.58 bits per heavy atom. The average Bonchev–Trinajstić information content (AvgIpc) is 1.82. The maximum atomic E-state index is 10.4. The van der Waals surface area contributed by atoms with Crippen molar-refractivity contribution in [1.29, 1.82) is 0 Å². The molecule has 0 saturated carbocycles. The smallest absolute Gasteiger partial charge is 0.273 e. The third kappa shape index (κ3) is 3.75. The minimum Gasteiger partial charge on any atom is -0.273 e. The van der Waals surface area contributed by atoms with Gasteiger partial charge in [0.05, 0.1) is 0 Å². The first-order valence-corrected chi connectivity index (χ1v) is 6.32. The van der Waals surface area contributed by atoms with Gasteiger partial charge in [-0.1, -0.05) is 6.92 Å². The van der Waals surface area contributed by atoms with Gasteiger partial charge in [-0.25, -0.2) is 0 Å². The molecule has 2 N–H and O–H groups in total. The molecule has 0 spiro atoms. The second-order valence-corrected chi connectivity index (χ2v) is 5.73. The first-order valence-electron chi connectivity index (χ1n) is 3.84. The summed E-state index contributed by atoms with van der Waals surface area (Å²) in [6, 6.07) is -0.0868. The highest BCUT2D eigenvalue weighted by atomic mass is 32.2. The van der Waals surface area contributed by atoms with Crippen LogP contribution in [0.1, 0.15) is 19.8 Å². The Kier molecular flexibility index (Phi) is 3.39. The second kappa shape index (κ2) is 3.95. The molecule has 1 rings (SSSR count). The van der Waals surface area contributed by atoms with E-state index in [-0.39, 0.29) is 6.04 Å². The van der Waals surface area contributed by atoms with Gasteiger partial charge in [-0.2, -0.15) is 24.9 Å². The van der Waals surface area contributed by atoms with Crippen LogP contribution < -0.4 is 4.72 Å². The van der Waals surface area contributed by atoms with Crippen LogP contribution in [0.25, 0.3) is 0 Å². The van der Waals surface area contributed by atoms with Crippen LogP contribution in [0.3, 0.4) is 0 Å². The molecule has 0 aromatic heterocycles. The molecule has 1 aliphatic rings. The largest absolute Gasteiger partial charge is 0.333 e. The van der Waals surface area contributed by atoms with Gasteiger partial charge >= 0.3 is 10.3 Å². The van der Waals surface area contributed by atoms with Crippen LogP contribution in [0.2, 0.25) is 0 Å². The fourth-order valence-electron chi connectivity index (χ4n) is 1.32. The van der Waals surface area contributed by atoms with Crippen LogP contribution in [0.5, 0.6) is 0 Å². The minimum absolute atomic E-state index is 0.0868. The van der Waals surface area contributed by atoms with Gasteiger partial charge in [-0.15, -0.1) is 0 Å². The number of thioether (sulfide) groups is 1. The van der Waals surface area contributed by atoms with E-state index in [9.17, 15) is 8.42 Å². The lowest BCUT2D eigenvalue weighted by Gasteiger charge is -2.25.